The van der Waals surface area contributed by atoms with Gasteiger partial charge in [-0.25, -0.2) is 0 Å². The highest BCUT2D eigenvalue weighted by atomic mass is 32.2. The molecule has 17 heavy (non-hydrogen) atoms. The van der Waals surface area contributed by atoms with Crippen molar-refractivity contribution in [3.63, 3.8) is 0 Å². The molecular weight excluding hydrogens is 250 g/mol. The minimum Gasteiger partial charge on any atom is -0.399 e. The van der Waals surface area contributed by atoms with Crippen molar-refractivity contribution < 1.29 is 4.21 Å². The first-order valence-corrected chi connectivity index (χ1v) is 7.63. The molecule has 2 rings (SSSR count). The summed E-state index contributed by atoms with van der Waals surface area (Å²) in [6.45, 7) is 1.95. The lowest BCUT2D eigenvalue weighted by Crippen LogP contribution is -2.03. The topological polar surface area (TPSA) is 43.1 Å². The molecule has 1 unspecified atom stereocenters. The van der Waals surface area contributed by atoms with Crippen molar-refractivity contribution >= 4 is 27.8 Å². The van der Waals surface area contributed by atoms with E-state index < -0.39 is 10.8 Å². The highest BCUT2D eigenvalue weighted by molar-refractivity contribution is 7.85. The minimum absolute atomic E-state index is 0.672. The summed E-state index contributed by atoms with van der Waals surface area (Å²) in [5.41, 5.74) is 7.41. The summed E-state index contributed by atoms with van der Waals surface area (Å²) in [6.07, 6.45) is 0.869. The average molecular weight is 265 g/mol. The van der Waals surface area contributed by atoms with Gasteiger partial charge < -0.3 is 5.73 Å². The van der Waals surface area contributed by atoms with Crippen LogP contribution in [0.5, 0.6) is 0 Å². The molecule has 1 heterocycles. The van der Waals surface area contributed by atoms with Crippen molar-refractivity contribution in [1.82, 2.24) is 0 Å². The molecule has 1 aromatic heterocycles. The van der Waals surface area contributed by atoms with Gasteiger partial charge in [0.15, 0.2) is 0 Å². The maximum Gasteiger partial charge on any atom is 0.0535 e. The third-order valence-electron chi connectivity index (χ3n) is 2.56. The van der Waals surface area contributed by atoms with Crippen molar-refractivity contribution in [2.75, 3.05) is 11.5 Å². The van der Waals surface area contributed by atoms with E-state index in [9.17, 15) is 4.21 Å². The van der Waals surface area contributed by atoms with E-state index >= 15 is 0 Å². The van der Waals surface area contributed by atoms with Crippen LogP contribution in [0, 0.1) is 6.92 Å². The fourth-order valence-corrected chi connectivity index (χ4v) is 3.79. The first-order chi connectivity index (χ1) is 8.16. The summed E-state index contributed by atoms with van der Waals surface area (Å²) in [6, 6.07) is 9.66. The van der Waals surface area contributed by atoms with Crippen molar-refractivity contribution in [3.8, 4) is 0 Å². The highest BCUT2D eigenvalue weighted by Crippen LogP contribution is 2.18. The lowest BCUT2D eigenvalue weighted by molar-refractivity contribution is 0.682. The molecule has 0 bridgehead atoms. The van der Waals surface area contributed by atoms with Crippen LogP contribution in [0.25, 0.3) is 0 Å². The molecule has 0 fully saturated rings. The molecule has 0 aliphatic heterocycles. The van der Waals surface area contributed by atoms with E-state index in [0.29, 0.717) is 5.75 Å². The number of aryl methyl sites for hydroxylation is 2. The first-order valence-electron chi connectivity index (χ1n) is 5.43. The first kappa shape index (κ1) is 12.3. The minimum atomic E-state index is -0.937. The molecule has 2 nitrogen and oxygen atoms in total. The SMILES string of the molecule is Cc1cc(N)ccc1S(=O)CCc1cccs1. The largest absolute Gasteiger partial charge is 0.399 e. The Morgan fingerprint density at radius 3 is 2.82 bits per heavy atom. The molecule has 0 saturated carbocycles. The molecule has 0 aliphatic carbocycles. The van der Waals surface area contributed by atoms with Crippen LogP contribution < -0.4 is 5.73 Å². The number of hydrogen-bond acceptors (Lipinski definition) is 3. The van der Waals surface area contributed by atoms with Crippen molar-refractivity contribution in [1.29, 1.82) is 0 Å². The van der Waals surface area contributed by atoms with E-state index in [2.05, 4.69) is 6.07 Å². The van der Waals surface area contributed by atoms with Crippen LogP contribution in [-0.4, -0.2) is 9.96 Å². The van der Waals surface area contributed by atoms with Crippen molar-refractivity contribution in [3.05, 3.63) is 46.2 Å². The van der Waals surface area contributed by atoms with Gasteiger partial charge >= 0.3 is 0 Å². The van der Waals surface area contributed by atoms with Gasteiger partial charge in [0.25, 0.3) is 0 Å². The Kier molecular flexibility index (Phi) is 3.97. The zero-order valence-electron chi connectivity index (χ0n) is 9.68. The Morgan fingerprint density at radius 2 is 2.18 bits per heavy atom. The Labute approximate surface area is 108 Å². The molecule has 0 amide bonds. The number of thiophene rings is 1. The van der Waals surface area contributed by atoms with Crippen LogP contribution in [0.15, 0.2) is 40.6 Å². The Hall–Kier alpha value is -1.13. The summed E-state index contributed by atoms with van der Waals surface area (Å²) in [4.78, 5) is 2.18. The third kappa shape index (κ3) is 3.17. The molecule has 2 aromatic rings. The monoisotopic (exact) mass is 265 g/mol. The molecule has 90 valence electrons. The van der Waals surface area contributed by atoms with Crippen LogP contribution in [0.2, 0.25) is 0 Å². The van der Waals surface area contributed by atoms with E-state index in [1.54, 1.807) is 11.3 Å². The Bertz CT molecular complexity index is 520. The normalized spacial score (nSPS) is 12.5. The van der Waals surface area contributed by atoms with E-state index in [1.807, 2.05) is 36.6 Å². The fraction of sp³-hybridized carbons (Fsp3) is 0.231. The zero-order chi connectivity index (χ0) is 12.3. The predicted octanol–water partition coefficient (Wildman–Crippen LogP) is 2.99. The number of hydrogen-bond donors (Lipinski definition) is 1. The van der Waals surface area contributed by atoms with Crippen LogP contribution in [0.3, 0.4) is 0 Å². The van der Waals surface area contributed by atoms with Crippen molar-refractivity contribution in [2.24, 2.45) is 0 Å². The van der Waals surface area contributed by atoms with Gasteiger partial charge in [0.1, 0.15) is 0 Å². The summed E-state index contributed by atoms with van der Waals surface area (Å²) >= 11 is 1.71. The quantitative estimate of drug-likeness (QED) is 0.864. The summed E-state index contributed by atoms with van der Waals surface area (Å²) in [5, 5.41) is 2.05. The lowest BCUT2D eigenvalue weighted by atomic mass is 10.2. The number of anilines is 1. The molecule has 0 spiro atoms. The maximum absolute atomic E-state index is 12.1. The standard InChI is InChI=1S/C13H15NOS2/c1-10-9-11(14)4-5-13(10)17(15)8-6-12-3-2-7-16-12/h2-5,7,9H,6,8,14H2,1H3. The van der Waals surface area contributed by atoms with Crippen LogP contribution in [0.1, 0.15) is 10.4 Å². The third-order valence-corrected chi connectivity index (χ3v) is 5.02. The van der Waals surface area contributed by atoms with E-state index in [0.717, 1.165) is 22.6 Å². The Balaban J connectivity index is 2.04. The number of nitrogens with two attached hydrogens (primary N) is 1. The maximum atomic E-state index is 12.1. The molecule has 1 aromatic carbocycles. The summed E-state index contributed by atoms with van der Waals surface area (Å²) < 4.78 is 12.1. The van der Waals surface area contributed by atoms with Gasteiger partial charge in [0.2, 0.25) is 0 Å². The van der Waals surface area contributed by atoms with Crippen LogP contribution in [-0.2, 0) is 17.2 Å². The second-order valence-corrected chi connectivity index (χ2v) is 6.48. The summed E-state index contributed by atoms with van der Waals surface area (Å²) in [7, 11) is -0.937. The van der Waals surface area contributed by atoms with Gasteiger partial charge in [-0.1, -0.05) is 6.07 Å². The van der Waals surface area contributed by atoms with Gasteiger partial charge in [0.05, 0.1) is 10.8 Å². The van der Waals surface area contributed by atoms with Gasteiger partial charge in [-0.05, 0) is 48.6 Å². The van der Waals surface area contributed by atoms with Crippen LogP contribution in [0.4, 0.5) is 5.69 Å². The van der Waals surface area contributed by atoms with Gasteiger partial charge in [-0.3, -0.25) is 4.21 Å². The average Bonchev–Trinajstić information content (AvgIpc) is 2.78. The number of benzene rings is 1. The van der Waals surface area contributed by atoms with Gasteiger partial charge in [-0.15, -0.1) is 11.3 Å². The molecule has 0 radical (unpaired) electrons. The molecule has 4 heteroatoms. The Morgan fingerprint density at radius 1 is 1.35 bits per heavy atom. The van der Waals surface area contributed by atoms with Crippen LogP contribution >= 0.6 is 11.3 Å². The summed E-state index contributed by atoms with van der Waals surface area (Å²) in [5.74, 6) is 0.672. The highest BCUT2D eigenvalue weighted by Gasteiger charge is 2.08. The predicted molar refractivity (Wildman–Crippen MR) is 74.9 cm³/mol. The van der Waals surface area contributed by atoms with E-state index in [1.165, 1.54) is 4.88 Å². The van der Waals surface area contributed by atoms with Gasteiger partial charge in [-0.2, -0.15) is 0 Å². The van der Waals surface area contributed by atoms with E-state index in [4.69, 9.17) is 5.73 Å². The second-order valence-electron chi connectivity index (χ2n) is 3.90. The van der Waals surface area contributed by atoms with Gasteiger partial charge in [0, 0.05) is 21.2 Å². The van der Waals surface area contributed by atoms with E-state index in [-0.39, 0.29) is 0 Å². The zero-order valence-corrected chi connectivity index (χ0v) is 11.3. The lowest BCUT2D eigenvalue weighted by Gasteiger charge is -2.06. The molecular formula is C13H15NOS2. The molecule has 0 saturated heterocycles. The molecule has 0 aliphatic rings. The van der Waals surface area contributed by atoms with Crippen molar-refractivity contribution in [2.45, 2.75) is 18.2 Å². The number of nitrogen functional groups attached to an aromatic ring is 1. The number of rotatable bonds is 4. The molecule has 1 atom stereocenters. The molecule has 2 N–H and O–H groups in total. The second kappa shape index (κ2) is 5.47. The smallest absolute Gasteiger partial charge is 0.0535 e. The fourth-order valence-electron chi connectivity index (χ4n) is 1.69.